The first-order chi connectivity index (χ1) is 11.5. The van der Waals surface area contributed by atoms with Crippen LogP contribution in [0.3, 0.4) is 0 Å². The van der Waals surface area contributed by atoms with Crippen molar-refractivity contribution < 1.29 is 17.9 Å². The Morgan fingerprint density at radius 2 is 1.62 bits per heavy atom. The molecule has 1 heterocycles. The van der Waals surface area contributed by atoms with Crippen LogP contribution in [0.4, 0.5) is 0 Å². The van der Waals surface area contributed by atoms with Crippen molar-refractivity contribution in [1.29, 1.82) is 0 Å². The van der Waals surface area contributed by atoms with Gasteiger partial charge >= 0.3 is 0 Å². The van der Waals surface area contributed by atoms with Gasteiger partial charge in [-0.15, -0.1) is 0 Å². The molecule has 0 atom stereocenters. The highest BCUT2D eigenvalue weighted by atomic mass is 32.2. The Bertz CT molecular complexity index is 767. The summed E-state index contributed by atoms with van der Waals surface area (Å²) in [4.78, 5) is 14.9. The number of primary amides is 1. The molecule has 3 N–H and O–H groups in total. The van der Waals surface area contributed by atoms with Gasteiger partial charge in [0.05, 0.1) is 17.9 Å². The van der Waals surface area contributed by atoms with Crippen molar-refractivity contribution in [2.75, 3.05) is 0 Å². The van der Waals surface area contributed by atoms with Crippen molar-refractivity contribution in [3.63, 3.8) is 0 Å². The number of allylic oxidation sites excluding steroid dienone is 8. The molecule has 0 radical (unpaired) electrons. The first kappa shape index (κ1) is 18.9. The maximum Gasteiger partial charge on any atom is 0.267 e. The molecule has 0 bridgehead atoms. The maximum atomic E-state index is 11.6. The second-order valence-corrected chi connectivity index (χ2v) is 5.71. The van der Waals surface area contributed by atoms with Crippen LogP contribution in [0.5, 0.6) is 0 Å². The summed E-state index contributed by atoms with van der Waals surface area (Å²) in [7, 11) is -3.65. The van der Waals surface area contributed by atoms with Crippen molar-refractivity contribution >= 4 is 21.6 Å². The Hall–Kier alpha value is -3.13. The zero-order valence-electron chi connectivity index (χ0n) is 12.6. The van der Waals surface area contributed by atoms with E-state index < -0.39 is 15.9 Å². The molecule has 1 amide bonds. The molecule has 0 aromatic carbocycles. The van der Waals surface area contributed by atoms with Gasteiger partial charge in [0, 0.05) is 18.5 Å². The van der Waals surface area contributed by atoms with Crippen LogP contribution < -0.4 is 10.5 Å². The molecule has 8 heteroatoms. The van der Waals surface area contributed by atoms with Gasteiger partial charge in [-0.1, -0.05) is 36.5 Å². The monoisotopic (exact) mass is 347 g/mol. The highest BCUT2D eigenvalue weighted by molar-refractivity contribution is 7.92. The van der Waals surface area contributed by atoms with Crippen LogP contribution in [0, 0.1) is 0 Å². The van der Waals surface area contributed by atoms with Gasteiger partial charge in [0.1, 0.15) is 5.71 Å². The molecule has 0 saturated heterocycles. The van der Waals surface area contributed by atoms with Crippen LogP contribution in [0.25, 0.3) is 0 Å². The lowest BCUT2D eigenvalue weighted by atomic mass is 10.3. The molecule has 0 saturated carbocycles. The number of nitrogens with zero attached hydrogens (tertiary/aromatic N) is 1. The number of sulfonamides is 1. The molecular weight excluding hydrogens is 330 g/mol. The normalized spacial score (nSPS) is 25.9. The van der Waals surface area contributed by atoms with E-state index in [2.05, 4.69) is 9.71 Å². The van der Waals surface area contributed by atoms with Gasteiger partial charge in [0.2, 0.25) is 0 Å². The summed E-state index contributed by atoms with van der Waals surface area (Å²) in [6.07, 6.45) is 19.3. The lowest BCUT2D eigenvalue weighted by Crippen LogP contribution is -2.21. The van der Waals surface area contributed by atoms with E-state index in [1.807, 2.05) is 0 Å². The Balaban J connectivity index is 3.00. The average molecular weight is 347 g/mol. The fraction of sp³-hybridized carbons (Fsp3) is 0. The topological polar surface area (TPSA) is 111 Å². The smallest absolute Gasteiger partial charge is 0.267 e. The molecule has 1 aliphatic heterocycles. The van der Waals surface area contributed by atoms with Crippen molar-refractivity contribution in [3.05, 3.63) is 85.0 Å². The third kappa shape index (κ3) is 9.00. The predicted molar refractivity (Wildman–Crippen MR) is 93.7 cm³/mol. The second-order valence-electron chi connectivity index (χ2n) is 4.11. The number of nitrogens with one attached hydrogen (secondary N) is 1. The summed E-state index contributed by atoms with van der Waals surface area (Å²) in [5.41, 5.74) is 5.05. The Morgan fingerprint density at radius 1 is 1.00 bits per heavy atom. The molecule has 0 aromatic rings. The van der Waals surface area contributed by atoms with Crippen molar-refractivity contribution in [3.8, 4) is 0 Å². The third-order valence-corrected chi connectivity index (χ3v) is 3.25. The quantitative estimate of drug-likeness (QED) is 0.749. The van der Waals surface area contributed by atoms with Gasteiger partial charge in [-0.3, -0.25) is 9.52 Å². The van der Waals surface area contributed by atoms with Gasteiger partial charge < -0.3 is 10.5 Å². The van der Waals surface area contributed by atoms with Crippen LogP contribution >= 0.6 is 0 Å². The minimum Gasteiger partial charge on any atom is -0.473 e. The Kier molecular flexibility index (Phi) is 8.33. The number of nitrogens with two attached hydrogens (primary N) is 1. The zero-order valence-corrected chi connectivity index (χ0v) is 13.5. The standard InChI is InChI=1S/C16H17N3O4S/c17-16(20)15-9-13-23-12-7-5-3-1-2-4-6-8-14-24(21,22)19-11-10-18-15/h1-14,19H,(H2,17,20)/b2-1-,5-3-,6-4-,11-10-,12-7-,13-9?,14-8-,18-15?. The molecule has 126 valence electrons. The largest absolute Gasteiger partial charge is 0.473 e. The van der Waals surface area contributed by atoms with Crippen molar-refractivity contribution in [1.82, 2.24) is 4.72 Å². The molecule has 0 fully saturated rings. The van der Waals surface area contributed by atoms with E-state index >= 15 is 0 Å². The van der Waals surface area contributed by atoms with Gasteiger partial charge in [-0.05, 0) is 12.2 Å². The first-order valence-electron chi connectivity index (χ1n) is 6.71. The zero-order chi connectivity index (χ0) is 17.7. The number of hydrogen-bond donors (Lipinski definition) is 2. The molecule has 0 unspecified atom stereocenters. The minimum atomic E-state index is -3.65. The third-order valence-electron chi connectivity index (χ3n) is 2.27. The van der Waals surface area contributed by atoms with E-state index in [1.165, 1.54) is 24.7 Å². The fourth-order valence-corrected chi connectivity index (χ4v) is 1.87. The molecule has 24 heavy (non-hydrogen) atoms. The lowest BCUT2D eigenvalue weighted by molar-refractivity contribution is -0.111. The van der Waals surface area contributed by atoms with Crippen molar-refractivity contribution in [2.45, 2.75) is 0 Å². The van der Waals surface area contributed by atoms with Gasteiger partial charge in [-0.25, -0.2) is 13.4 Å². The van der Waals surface area contributed by atoms with E-state index in [9.17, 15) is 13.2 Å². The Labute approximate surface area is 140 Å². The van der Waals surface area contributed by atoms with E-state index in [1.54, 1.807) is 42.5 Å². The predicted octanol–water partition coefficient (Wildman–Crippen LogP) is 1.54. The summed E-state index contributed by atoms with van der Waals surface area (Å²) in [6.45, 7) is 0. The van der Waals surface area contributed by atoms with Crippen LogP contribution in [0.1, 0.15) is 0 Å². The molecule has 0 aliphatic carbocycles. The number of amides is 1. The second kappa shape index (κ2) is 10.6. The van der Waals surface area contributed by atoms with Crippen LogP contribution in [0.2, 0.25) is 0 Å². The number of rotatable bonds is 1. The minimum absolute atomic E-state index is 0.103. The highest BCUT2D eigenvalue weighted by Crippen LogP contribution is 1.92. The van der Waals surface area contributed by atoms with Crippen LogP contribution in [-0.2, 0) is 19.6 Å². The summed E-state index contributed by atoms with van der Waals surface area (Å²) >= 11 is 0. The van der Waals surface area contributed by atoms with E-state index in [0.717, 1.165) is 17.8 Å². The number of hydrogen-bond acceptors (Lipinski definition) is 5. The van der Waals surface area contributed by atoms with Gasteiger partial charge in [-0.2, -0.15) is 0 Å². The average Bonchev–Trinajstić information content (AvgIpc) is 2.52. The lowest BCUT2D eigenvalue weighted by Gasteiger charge is -1.96. The summed E-state index contributed by atoms with van der Waals surface area (Å²) in [5.74, 6) is -0.785. The van der Waals surface area contributed by atoms with E-state index in [-0.39, 0.29) is 5.71 Å². The van der Waals surface area contributed by atoms with Gasteiger partial charge in [0.25, 0.3) is 15.9 Å². The maximum absolute atomic E-state index is 11.6. The highest BCUT2D eigenvalue weighted by Gasteiger charge is 2.01. The number of carbonyl (C=O) groups is 1. The molecular formula is C16H17N3O4S. The number of carbonyl (C=O) groups excluding carboxylic acids is 1. The molecule has 0 aromatic heterocycles. The SMILES string of the molecule is NC(=O)C1=N/C=C\NS(=O)(=O)\C=C/C=C\C=C/C=C\C=C/OC=C1. The fourth-order valence-electron chi connectivity index (χ4n) is 1.24. The molecule has 0 spiro atoms. The molecule has 7 nitrogen and oxygen atoms in total. The van der Waals surface area contributed by atoms with Crippen LogP contribution in [0.15, 0.2) is 90.0 Å². The Morgan fingerprint density at radius 3 is 2.29 bits per heavy atom. The molecule has 1 aliphatic rings. The van der Waals surface area contributed by atoms with Crippen LogP contribution in [-0.4, -0.2) is 20.0 Å². The summed E-state index contributed by atoms with van der Waals surface area (Å²) < 4.78 is 30.4. The van der Waals surface area contributed by atoms with E-state index in [0.29, 0.717) is 0 Å². The number of aliphatic imine (C=N–C) groups is 1. The first-order valence-corrected chi connectivity index (χ1v) is 8.26. The number of ether oxygens (including phenoxy) is 1. The molecule has 1 rings (SSSR count). The van der Waals surface area contributed by atoms with Crippen molar-refractivity contribution in [2.24, 2.45) is 10.7 Å². The summed E-state index contributed by atoms with van der Waals surface area (Å²) in [6, 6.07) is 0. The summed E-state index contributed by atoms with van der Waals surface area (Å²) in [5, 5.41) is 0.987. The van der Waals surface area contributed by atoms with E-state index in [4.69, 9.17) is 10.5 Å². The van der Waals surface area contributed by atoms with Gasteiger partial charge in [0.15, 0.2) is 0 Å².